The van der Waals surface area contributed by atoms with Gasteiger partial charge >= 0.3 is 6.18 Å². The first-order chi connectivity index (χ1) is 10.6. The van der Waals surface area contributed by atoms with Crippen LogP contribution in [0.2, 0.25) is 0 Å². The average Bonchev–Trinajstić information content (AvgIpc) is 2.42. The zero-order chi connectivity index (χ0) is 17.6. The lowest BCUT2D eigenvalue weighted by atomic mass is 10.1. The minimum Gasteiger partial charge on any atom is -0.491 e. The SMILES string of the molecule is CN=C(NCc1ccc(OC(C)C)cc1C(F)(F)F)NC(C)C. The highest BCUT2D eigenvalue weighted by Crippen LogP contribution is 2.34. The van der Waals surface area contributed by atoms with Crippen molar-refractivity contribution in [3.8, 4) is 5.75 Å². The van der Waals surface area contributed by atoms with Crippen LogP contribution in [0.3, 0.4) is 0 Å². The van der Waals surface area contributed by atoms with Crippen molar-refractivity contribution in [1.29, 1.82) is 0 Å². The first-order valence-corrected chi connectivity index (χ1v) is 7.47. The van der Waals surface area contributed by atoms with Gasteiger partial charge in [-0.3, -0.25) is 4.99 Å². The third-order valence-electron chi connectivity index (χ3n) is 2.85. The topological polar surface area (TPSA) is 45.7 Å². The molecule has 0 aliphatic rings. The van der Waals surface area contributed by atoms with Crippen LogP contribution in [-0.4, -0.2) is 25.2 Å². The number of hydrogen-bond acceptors (Lipinski definition) is 2. The summed E-state index contributed by atoms with van der Waals surface area (Å²) in [5.41, 5.74) is -0.566. The molecule has 2 N–H and O–H groups in total. The molecular formula is C16H24F3N3O. The minimum absolute atomic E-state index is 0.0171. The summed E-state index contributed by atoms with van der Waals surface area (Å²) < 4.78 is 45.1. The van der Waals surface area contributed by atoms with Gasteiger partial charge in [0.15, 0.2) is 5.96 Å². The van der Waals surface area contributed by atoms with E-state index >= 15 is 0 Å². The van der Waals surface area contributed by atoms with Gasteiger partial charge in [-0.25, -0.2) is 0 Å². The largest absolute Gasteiger partial charge is 0.491 e. The highest BCUT2D eigenvalue weighted by Gasteiger charge is 2.33. The normalized spacial score (nSPS) is 12.7. The van der Waals surface area contributed by atoms with Crippen molar-refractivity contribution in [3.05, 3.63) is 29.3 Å². The second kappa shape index (κ2) is 8.08. The summed E-state index contributed by atoms with van der Waals surface area (Å²) in [5.74, 6) is 0.663. The van der Waals surface area contributed by atoms with Crippen LogP contribution < -0.4 is 15.4 Å². The zero-order valence-corrected chi connectivity index (χ0v) is 14.1. The predicted molar refractivity (Wildman–Crippen MR) is 85.7 cm³/mol. The van der Waals surface area contributed by atoms with E-state index in [-0.39, 0.29) is 30.0 Å². The van der Waals surface area contributed by atoms with E-state index in [9.17, 15) is 13.2 Å². The van der Waals surface area contributed by atoms with Crippen molar-refractivity contribution in [3.63, 3.8) is 0 Å². The van der Waals surface area contributed by atoms with Crippen LogP contribution in [0.25, 0.3) is 0 Å². The van der Waals surface area contributed by atoms with E-state index in [1.165, 1.54) is 6.07 Å². The van der Waals surface area contributed by atoms with E-state index in [0.29, 0.717) is 5.96 Å². The van der Waals surface area contributed by atoms with Gasteiger partial charge in [-0.15, -0.1) is 0 Å². The Hall–Kier alpha value is -1.92. The van der Waals surface area contributed by atoms with Gasteiger partial charge < -0.3 is 15.4 Å². The van der Waals surface area contributed by atoms with E-state index in [1.54, 1.807) is 27.0 Å². The van der Waals surface area contributed by atoms with E-state index in [0.717, 1.165) is 6.07 Å². The number of hydrogen-bond donors (Lipinski definition) is 2. The number of halogens is 3. The Morgan fingerprint density at radius 3 is 2.35 bits per heavy atom. The molecule has 130 valence electrons. The van der Waals surface area contributed by atoms with Crippen LogP contribution in [0, 0.1) is 0 Å². The lowest BCUT2D eigenvalue weighted by Gasteiger charge is -2.18. The molecule has 1 aromatic rings. The number of aliphatic imine (C=N–C) groups is 1. The molecule has 0 aromatic heterocycles. The van der Waals surface area contributed by atoms with Gasteiger partial charge in [-0.2, -0.15) is 13.2 Å². The number of rotatable bonds is 5. The van der Waals surface area contributed by atoms with Gasteiger partial charge in [-0.05, 0) is 45.4 Å². The van der Waals surface area contributed by atoms with Crippen LogP contribution in [0.15, 0.2) is 23.2 Å². The summed E-state index contributed by atoms with van der Waals surface area (Å²) >= 11 is 0. The molecule has 1 rings (SSSR count). The van der Waals surface area contributed by atoms with Crippen LogP contribution in [0.4, 0.5) is 13.2 Å². The second-order valence-electron chi connectivity index (χ2n) is 5.71. The molecule has 0 saturated carbocycles. The van der Waals surface area contributed by atoms with Gasteiger partial charge in [0.25, 0.3) is 0 Å². The number of ether oxygens (including phenoxy) is 1. The van der Waals surface area contributed by atoms with Crippen molar-refractivity contribution in [2.75, 3.05) is 7.05 Å². The highest BCUT2D eigenvalue weighted by molar-refractivity contribution is 5.79. The lowest BCUT2D eigenvalue weighted by Crippen LogP contribution is -2.40. The summed E-state index contributed by atoms with van der Waals surface area (Å²) in [6.07, 6.45) is -4.63. The predicted octanol–water partition coefficient (Wildman–Crippen LogP) is 3.57. The highest BCUT2D eigenvalue weighted by atomic mass is 19.4. The summed E-state index contributed by atoms with van der Waals surface area (Å²) in [6, 6.07) is 4.14. The Morgan fingerprint density at radius 2 is 1.87 bits per heavy atom. The van der Waals surface area contributed by atoms with E-state index in [1.807, 2.05) is 13.8 Å². The van der Waals surface area contributed by atoms with Crippen molar-refractivity contribution in [2.45, 2.75) is 52.6 Å². The van der Waals surface area contributed by atoms with Crippen molar-refractivity contribution < 1.29 is 17.9 Å². The van der Waals surface area contributed by atoms with Gasteiger partial charge in [0.05, 0.1) is 11.7 Å². The summed E-state index contributed by atoms with van der Waals surface area (Å²) in [6.45, 7) is 7.40. The maximum atomic E-state index is 13.3. The maximum absolute atomic E-state index is 13.3. The number of guanidine groups is 1. The molecule has 0 atom stereocenters. The maximum Gasteiger partial charge on any atom is 0.416 e. The fraction of sp³-hybridized carbons (Fsp3) is 0.562. The molecule has 0 unspecified atom stereocenters. The van der Waals surface area contributed by atoms with Gasteiger partial charge in [0, 0.05) is 19.6 Å². The third-order valence-corrected chi connectivity index (χ3v) is 2.85. The minimum atomic E-state index is -4.44. The molecular weight excluding hydrogens is 307 g/mol. The van der Waals surface area contributed by atoms with E-state index in [4.69, 9.17) is 4.74 Å². The van der Waals surface area contributed by atoms with Gasteiger partial charge in [0.2, 0.25) is 0 Å². The molecule has 4 nitrogen and oxygen atoms in total. The Morgan fingerprint density at radius 1 is 1.22 bits per heavy atom. The molecule has 0 fully saturated rings. The van der Waals surface area contributed by atoms with Crippen molar-refractivity contribution >= 4 is 5.96 Å². The van der Waals surface area contributed by atoms with Crippen LogP contribution in [-0.2, 0) is 12.7 Å². The Bertz CT molecular complexity index is 540. The quantitative estimate of drug-likeness (QED) is 0.640. The first-order valence-electron chi connectivity index (χ1n) is 7.47. The summed E-state index contributed by atoms with van der Waals surface area (Å²) in [4.78, 5) is 3.98. The first kappa shape index (κ1) is 19.1. The molecule has 0 heterocycles. The molecule has 0 spiro atoms. The zero-order valence-electron chi connectivity index (χ0n) is 14.1. The van der Waals surface area contributed by atoms with Crippen LogP contribution in [0.1, 0.15) is 38.8 Å². The molecule has 1 aromatic carbocycles. The molecule has 0 aliphatic heterocycles. The number of benzene rings is 1. The molecule has 0 bridgehead atoms. The number of alkyl halides is 3. The Balaban J connectivity index is 2.97. The standard InChI is InChI=1S/C16H24F3N3O/c1-10(2)22-15(20-5)21-9-12-6-7-13(23-11(3)4)8-14(12)16(17,18)19/h6-8,10-11H,9H2,1-5H3,(H2,20,21,22). The number of nitrogens with zero attached hydrogens (tertiary/aromatic N) is 1. The van der Waals surface area contributed by atoms with Crippen molar-refractivity contribution in [1.82, 2.24) is 10.6 Å². The summed E-state index contributed by atoms with van der Waals surface area (Å²) in [5, 5.41) is 5.92. The lowest BCUT2D eigenvalue weighted by molar-refractivity contribution is -0.138. The van der Waals surface area contributed by atoms with Crippen LogP contribution in [0.5, 0.6) is 5.75 Å². The Kier molecular flexibility index (Phi) is 6.72. The molecule has 7 heteroatoms. The fourth-order valence-electron chi connectivity index (χ4n) is 1.97. The molecule has 0 saturated heterocycles. The fourth-order valence-corrected chi connectivity index (χ4v) is 1.97. The van der Waals surface area contributed by atoms with Gasteiger partial charge in [-0.1, -0.05) is 6.07 Å². The smallest absolute Gasteiger partial charge is 0.416 e. The molecule has 0 amide bonds. The monoisotopic (exact) mass is 331 g/mol. The molecule has 0 radical (unpaired) electrons. The average molecular weight is 331 g/mol. The Labute approximate surface area is 135 Å². The number of nitrogens with one attached hydrogen (secondary N) is 2. The van der Waals surface area contributed by atoms with E-state index in [2.05, 4.69) is 15.6 Å². The van der Waals surface area contributed by atoms with E-state index < -0.39 is 11.7 Å². The third kappa shape index (κ3) is 6.38. The van der Waals surface area contributed by atoms with Gasteiger partial charge in [0.1, 0.15) is 5.75 Å². The van der Waals surface area contributed by atoms with Crippen LogP contribution >= 0.6 is 0 Å². The molecule has 23 heavy (non-hydrogen) atoms. The molecule has 0 aliphatic carbocycles. The summed E-state index contributed by atoms with van der Waals surface area (Å²) in [7, 11) is 1.57. The second-order valence-corrected chi connectivity index (χ2v) is 5.71. The van der Waals surface area contributed by atoms with Crippen molar-refractivity contribution in [2.24, 2.45) is 4.99 Å².